The zero-order valence-corrected chi connectivity index (χ0v) is 14.2. The second-order valence-electron chi connectivity index (χ2n) is 4.48. The van der Waals surface area contributed by atoms with Crippen molar-refractivity contribution in [2.45, 2.75) is 18.2 Å². The van der Waals surface area contributed by atoms with Gasteiger partial charge >= 0.3 is 0 Å². The van der Waals surface area contributed by atoms with Crippen molar-refractivity contribution < 1.29 is 4.74 Å². The average Bonchev–Trinajstić information content (AvgIpc) is 2.42. The number of rotatable bonds is 4. The van der Waals surface area contributed by atoms with Gasteiger partial charge in [0.2, 0.25) is 0 Å². The van der Waals surface area contributed by atoms with Crippen molar-refractivity contribution >= 4 is 31.9 Å². The van der Waals surface area contributed by atoms with Crippen LogP contribution in [-0.2, 0) is 6.42 Å². The van der Waals surface area contributed by atoms with Gasteiger partial charge in [-0.15, -0.1) is 0 Å². The van der Waals surface area contributed by atoms with Gasteiger partial charge < -0.3 is 4.74 Å². The summed E-state index contributed by atoms with van der Waals surface area (Å²) < 4.78 is 6.42. The molecule has 2 aromatic rings. The van der Waals surface area contributed by atoms with Crippen LogP contribution in [0.1, 0.15) is 21.5 Å². The molecule has 0 fully saturated rings. The van der Waals surface area contributed by atoms with Gasteiger partial charge in [-0.3, -0.25) is 0 Å². The zero-order chi connectivity index (χ0) is 13.8. The summed E-state index contributed by atoms with van der Waals surface area (Å²) in [5.41, 5.74) is 3.87. The topological polar surface area (TPSA) is 9.23 Å². The molecule has 1 unspecified atom stereocenters. The molecule has 1 nitrogen and oxygen atoms in total. The summed E-state index contributed by atoms with van der Waals surface area (Å²) in [6.45, 7) is 2.14. The fourth-order valence-electron chi connectivity index (χ4n) is 2.08. The Morgan fingerprint density at radius 1 is 1.16 bits per heavy atom. The third kappa shape index (κ3) is 3.61. The Bertz CT molecular complexity index is 566. The SMILES string of the molecule is COc1cccc(CC(Br)c2cccc(Br)c2C)c1. The van der Waals surface area contributed by atoms with Crippen LogP contribution in [0.15, 0.2) is 46.9 Å². The van der Waals surface area contributed by atoms with Gasteiger partial charge in [-0.25, -0.2) is 0 Å². The minimum atomic E-state index is 0.303. The first-order valence-corrected chi connectivity index (χ1v) is 7.84. The molecule has 0 heterocycles. The lowest BCUT2D eigenvalue weighted by atomic mass is 10.0. The molecule has 100 valence electrons. The molecule has 0 aliphatic heterocycles. The molecule has 0 saturated carbocycles. The van der Waals surface area contributed by atoms with E-state index in [2.05, 4.69) is 69.1 Å². The van der Waals surface area contributed by atoms with Crippen LogP contribution >= 0.6 is 31.9 Å². The lowest BCUT2D eigenvalue weighted by molar-refractivity contribution is 0.414. The van der Waals surface area contributed by atoms with E-state index in [0.29, 0.717) is 4.83 Å². The van der Waals surface area contributed by atoms with Crippen molar-refractivity contribution in [2.75, 3.05) is 7.11 Å². The normalized spacial score (nSPS) is 12.2. The van der Waals surface area contributed by atoms with E-state index in [1.807, 2.05) is 12.1 Å². The average molecular weight is 384 g/mol. The van der Waals surface area contributed by atoms with Gasteiger partial charge in [0, 0.05) is 9.30 Å². The van der Waals surface area contributed by atoms with Crippen LogP contribution in [0.4, 0.5) is 0 Å². The standard InChI is InChI=1S/C16H16Br2O/c1-11-14(7-4-8-15(11)17)16(18)10-12-5-3-6-13(9-12)19-2/h3-9,16H,10H2,1-2H3. The summed E-state index contributed by atoms with van der Waals surface area (Å²) in [7, 11) is 1.70. The van der Waals surface area contributed by atoms with Gasteiger partial charge in [-0.05, 0) is 48.2 Å². The highest BCUT2D eigenvalue weighted by molar-refractivity contribution is 9.10. The van der Waals surface area contributed by atoms with Crippen molar-refractivity contribution in [3.8, 4) is 5.75 Å². The lowest BCUT2D eigenvalue weighted by Crippen LogP contribution is -1.99. The summed E-state index contributed by atoms with van der Waals surface area (Å²) in [5.74, 6) is 0.906. The molecule has 0 bridgehead atoms. The fourth-order valence-corrected chi connectivity index (χ4v) is 3.33. The van der Waals surface area contributed by atoms with Crippen LogP contribution in [0, 0.1) is 6.92 Å². The highest BCUT2D eigenvalue weighted by Gasteiger charge is 2.12. The van der Waals surface area contributed by atoms with Crippen molar-refractivity contribution in [3.05, 3.63) is 63.6 Å². The maximum absolute atomic E-state index is 5.26. The quantitative estimate of drug-likeness (QED) is 0.638. The van der Waals surface area contributed by atoms with Crippen molar-refractivity contribution in [3.63, 3.8) is 0 Å². The molecule has 1 atom stereocenters. The fraction of sp³-hybridized carbons (Fsp3) is 0.250. The molecule has 0 saturated heterocycles. The monoisotopic (exact) mass is 382 g/mol. The highest BCUT2D eigenvalue weighted by Crippen LogP contribution is 2.33. The largest absolute Gasteiger partial charge is 0.497 e. The van der Waals surface area contributed by atoms with Gasteiger partial charge in [0.1, 0.15) is 5.75 Å². The first kappa shape index (κ1) is 14.6. The van der Waals surface area contributed by atoms with E-state index in [1.54, 1.807) is 7.11 Å². The molecule has 2 aromatic carbocycles. The Labute approximate surface area is 131 Å². The second-order valence-corrected chi connectivity index (χ2v) is 6.44. The minimum Gasteiger partial charge on any atom is -0.497 e. The number of ether oxygens (including phenoxy) is 1. The first-order valence-electron chi connectivity index (χ1n) is 6.14. The van der Waals surface area contributed by atoms with E-state index in [9.17, 15) is 0 Å². The van der Waals surface area contributed by atoms with Crippen molar-refractivity contribution in [1.82, 2.24) is 0 Å². The second kappa shape index (κ2) is 6.58. The Morgan fingerprint density at radius 3 is 2.63 bits per heavy atom. The lowest BCUT2D eigenvalue weighted by Gasteiger charge is -2.14. The van der Waals surface area contributed by atoms with Crippen LogP contribution < -0.4 is 4.74 Å². The van der Waals surface area contributed by atoms with E-state index in [4.69, 9.17) is 4.74 Å². The molecular formula is C16H16Br2O. The van der Waals surface area contributed by atoms with Gasteiger partial charge in [0.15, 0.2) is 0 Å². The van der Waals surface area contributed by atoms with E-state index in [0.717, 1.165) is 16.6 Å². The smallest absolute Gasteiger partial charge is 0.119 e. The minimum absolute atomic E-state index is 0.303. The third-order valence-electron chi connectivity index (χ3n) is 3.20. The van der Waals surface area contributed by atoms with Gasteiger partial charge in [0.05, 0.1) is 7.11 Å². The Hall–Kier alpha value is -0.800. The van der Waals surface area contributed by atoms with E-state index in [1.165, 1.54) is 16.7 Å². The molecule has 0 spiro atoms. The van der Waals surface area contributed by atoms with Gasteiger partial charge in [-0.1, -0.05) is 56.1 Å². The predicted molar refractivity (Wildman–Crippen MR) is 87.2 cm³/mol. The molecule has 0 N–H and O–H groups in total. The molecule has 0 amide bonds. The molecule has 0 aliphatic carbocycles. The molecule has 0 aliphatic rings. The number of hydrogen-bond donors (Lipinski definition) is 0. The Morgan fingerprint density at radius 2 is 1.89 bits per heavy atom. The Balaban J connectivity index is 2.20. The van der Waals surface area contributed by atoms with E-state index in [-0.39, 0.29) is 0 Å². The Kier molecular flexibility index (Phi) is 5.06. The predicted octanol–water partition coefficient (Wildman–Crippen LogP) is 5.44. The molecule has 0 radical (unpaired) electrons. The van der Waals surface area contributed by atoms with E-state index < -0.39 is 0 Å². The van der Waals surface area contributed by atoms with Crippen molar-refractivity contribution in [2.24, 2.45) is 0 Å². The maximum Gasteiger partial charge on any atom is 0.119 e. The highest BCUT2D eigenvalue weighted by atomic mass is 79.9. The molecule has 2 rings (SSSR count). The zero-order valence-electron chi connectivity index (χ0n) is 11.0. The number of methoxy groups -OCH3 is 1. The number of benzene rings is 2. The summed E-state index contributed by atoms with van der Waals surface area (Å²) in [6, 6.07) is 14.5. The van der Waals surface area contributed by atoms with Crippen LogP contribution in [0.3, 0.4) is 0 Å². The summed E-state index contributed by atoms with van der Waals surface area (Å²) in [5, 5.41) is 0. The van der Waals surface area contributed by atoms with Crippen LogP contribution in [0.5, 0.6) is 5.75 Å². The van der Waals surface area contributed by atoms with Crippen molar-refractivity contribution in [1.29, 1.82) is 0 Å². The third-order valence-corrected chi connectivity index (χ3v) is 4.87. The van der Waals surface area contributed by atoms with Crippen LogP contribution in [0.25, 0.3) is 0 Å². The molecule has 19 heavy (non-hydrogen) atoms. The van der Waals surface area contributed by atoms with E-state index >= 15 is 0 Å². The molecular weight excluding hydrogens is 368 g/mol. The summed E-state index contributed by atoms with van der Waals surface area (Å²) in [6.07, 6.45) is 0.939. The van der Waals surface area contributed by atoms with Gasteiger partial charge in [-0.2, -0.15) is 0 Å². The first-order chi connectivity index (χ1) is 9.11. The molecule has 0 aromatic heterocycles. The van der Waals surface area contributed by atoms with Gasteiger partial charge in [0.25, 0.3) is 0 Å². The number of alkyl halides is 1. The molecule has 3 heteroatoms. The maximum atomic E-state index is 5.26. The summed E-state index contributed by atoms with van der Waals surface area (Å²) >= 11 is 7.37. The van der Waals surface area contributed by atoms with Crippen LogP contribution in [-0.4, -0.2) is 7.11 Å². The van der Waals surface area contributed by atoms with Crippen LogP contribution in [0.2, 0.25) is 0 Å². The number of hydrogen-bond acceptors (Lipinski definition) is 1. The number of halogens is 2. The summed E-state index contributed by atoms with van der Waals surface area (Å²) in [4.78, 5) is 0.303.